The quantitative estimate of drug-likeness (QED) is 0.486. The molecule has 3 rings (SSSR count). The molecule has 2 aromatic carbocycles. The molecule has 0 radical (unpaired) electrons. The van der Waals surface area contributed by atoms with Crippen LogP contribution in [0.15, 0.2) is 54.6 Å². The van der Waals surface area contributed by atoms with E-state index in [1.54, 1.807) is 45.0 Å². The number of carboxylic acid groups (broad SMARTS) is 2. The molecule has 0 aliphatic heterocycles. The number of benzene rings is 2. The number of carboxylic acids is 2. The average Bonchev–Trinajstić information content (AvgIpc) is 3.03. The van der Waals surface area contributed by atoms with E-state index in [-0.39, 0.29) is 6.42 Å². The Bertz CT molecular complexity index is 1020. The van der Waals surface area contributed by atoms with Crippen molar-refractivity contribution in [3.8, 4) is 0 Å². The van der Waals surface area contributed by atoms with Crippen LogP contribution in [0.1, 0.15) is 56.4 Å². The number of amides is 1. The summed E-state index contributed by atoms with van der Waals surface area (Å²) in [5, 5.41) is 32.5. The molecular weight excluding hydrogens is 422 g/mol. The van der Waals surface area contributed by atoms with Gasteiger partial charge in [-0.05, 0) is 41.9 Å². The molecule has 7 heteroatoms. The van der Waals surface area contributed by atoms with Crippen molar-refractivity contribution in [2.24, 2.45) is 16.7 Å². The van der Waals surface area contributed by atoms with Gasteiger partial charge in [0.25, 0.3) is 0 Å². The minimum atomic E-state index is -1.16. The van der Waals surface area contributed by atoms with Crippen molar-refractivity contribution < 1.29 is 29.7 Å². The van der Waals surface area contributed by atoms with Gasteiger partial charge in [0.2, 0.25) is 5.91 Å². The van der Waals surface area contributed by atoms with Crippen molar-refractivity contribution >= 4 is 17.8 Å². The van der Waals surface area contributed by atoms with Crippen LogP contribution in [0.4, 0.5) is 0 Å². The Balaban J connectivity index is 1.70. The van der Waals surface area contributed by atoms with Gasteiger partial charge in [-0.15, -0.1) is 0 Å². The van der Waals surface area contributed by atoms with E-state index in [1.807, 2.05) is 30.3 Å². The number of rotatable bonds is 8. The Kier molecular flexibility index (Phi) is 6.93. The molecule has 0 saturated heterocycles. The van der Waals surface area contributed by atoms with Crippen molar-refractivity contribution in [1.82, 2.24) is 5.32 Å². The molecule has 0 heterocycles. The van der Waals surface area contributed by atoms with Crippen LogP contribution in [0.2, 0.25) is 0 Å². The van der Waals surface area contributed by atoms with Crippen LogP contribution in [0.25, 0.3) is 0 Å². The lowest BCUT2D eigenvalue weighted by molar-refractivity contribution is -0.155. The largest absolute Gasteiger partial charge is 0.481 e. The van der Waals surface area contributed by atoms with Crippen LogP contribution < -0.4 is 5.32 Å². The summed E-state index contributed by atoms with van der Waals surface area (Å²) in [6.45, 7) is 5.15. The number of aliphatic hydroxyl groups is 1. The molecule has 1 fully saturated rings. The summed E-state index contributed by atoms with van der Waals surface area (Å²) in [5.74, 6) is -3.14. The smallest absolute Gasteiger partial charge is 0.326 e. The van der Waals surface area contributed by atoms with Gasteiger partial charge in [-0.1, -0.05) is 68.4 Å². The molecule has 3 unspecified atom stereocenters. The van der Waals surface area contributed by atoms with Gasteiger partial charge in [0.05, 0.1) is 5.41 Å². The molecule has 0 bridgehead atoms. The van der Waals surface area contributed by atoms with Gasteiger partial charge >= 0.3 is 11.9 Å². The molecular formula is C26H31NO6. The zero-order chi connectivity index (χ0) is 24.4. The summed E-state index contributed by atoms with van der Waals surface area (Å²) >= 11 is 0. The summed E-state index contributed by atoms with van der Waals surface area (Å²) in [6.07, 6.45) is 0.0334. The predicted octanol–water partition coefficient (Wildman–Crippen LogP) is 3.41. The van der Waals surface area contributed by atoms with Gasteiger partial charge < -0.3 is 20.6 Å². The molecule has 0 aromatic heterocycles. The van der Waals surface area contributed by atoms with Crippen molar-refractivity contribution in [1.29, 1.82) is 0 Å². The van der Waals surface area contributed by atoms with Crippen LogP contribution in [0.5, 0.6) is 0 Å². The standard InChI is InChI=1S/C26H31NO6/c1-25(2)19(13-14-26(25,3)24(32)33)22(29)27-20(23(30)31)15-16-9-11-18(12-10-16)21(28)17-7-5-4-6-8-17/h4-12,19-21,28H,13-15H2,1-3H3,(H,27,29)(H,30,31)(H,32,33)/t19?,20-,21?,26?/m0/s1. The normalized spacial score (nSPS) is 23.5. The van der Waals surface area contributed by atoms with Gasteiger partial charge in [0.1, 0.15) is 12.1 Å². The second kappa shape index (κ2) is 9.35. The first-order valence-electron chi connectivity index (χ1n) is 11.1. The zero-order valence-corrected chi connectivity index (χ0v) is 19.1. The maximum atomic E-state index is 13.0. The third-order valence-corrected chi connectivity index (χ3v) is 7.48. The molecule has 1 saturated carbocycles. The van der Waals surface area contributed by atoms with E-state index in [2.05, 4.69) is 5.32 Å². The van der Waals surface area contributed by atoms with Gasteiger partial charge in [0.15, 0.2) is 0 Å². The monoisotopic (exact) mass is 453 g/mol. The molecule has 1 aliphatic carbocycles. The third-order valence-electron chi connectivity index (χ3n) is 7.48. The second-order valence-corrected chi connectivity index (χ2v) is 9.61. The zero-order valence-electron chi connectivity index (χ0n) is 19.1. The number of hydrogen-bond acceptors (Lipinski definition) is 4. The van der Waals surface area contributed by atoms with E-state index in [0.717, 1.165) is 5.56 Å². The molecule has 4 atom stereocenters. The lowest BCUT2D eigenvalue weighted by Crippen LogP contribution is -2.49. The van der Waals surface area contributed by atoms with Crippen LogP contribution in [0, 0.1) is 16.7 Å². The van der Waals surface area contributed by atoms with Gasteiger partial charge in [0, 0.05) is 12.3 Å². The highest BCUT2D eigenvalue weighted by Gasteiger charge is 2.58. The van der Waals surface area contributed by atoms with Crippen LogP contribution in [0.3, 0.4) is 0 Å². The van der Waals surface area contributed by atoms with Gasteiger partial charge in [-0.2, -0.15) is 0 Å². The summed E-state index contributed by atoms with van der Waals surface area (Å²) in [6, 6.07) is 15.0. The van der Waals surface area contributed by atoms with Crippen molar-refractivity contribution in [3.63, 3.8) is 0 Å². The first kappa shape index (κ1) is 24.5. The Morgan fingerprint density at radius 3 is 2.06 bits per heavy atom. The molecule has 1 aliphatic rings. The first-order valence-corrected chi connectivity index (χ1v) is 11.1. The minimum Gasteiger partial charge on any atom is -0.481 e. The molecule has 0 spiro atoms. The third kappa shape index (κ3) is 4.78. The Morgan fingerprint density at radius 2 is 1.55 bits per heavy atom. The van der Waals surface area contributed by atoms with Crippen molar-refractivity contribution in [3.05, 3.63) is 71.3 Å². The van der Waals surface area contributed by atoms with Gasteiger partial charge in [-0.3, -0.25) is 9.59 Å². The number of hydrogen-bond donors (Lipinski definition) is 4. The van der Waals surface area contributed by atoms with E-state index in [9.17, 15) is 29.7 Å². The van der Waals surface area contributed by atoms with E-state index >= 15 is 0 Å². The SMILES string of the molecule is CC1(C(=O)O)CCC(C(=O)N[C@@H](Cc2ccc(C(O)c3ccccc3)cc2)C(=O)O)C1(C)C. The lowest BCUT2D eigenvalue weighted by atomic mass is 9.65. The maximum Gasteiger partial charge on any atom is 0.326 e. The topological polar surface area (TPSA) is 124 Å². The number of aliphatic hydroxyl groups excluding tert-OH is 1. The van der Waals surface area contributed by atoms with Crippen LogP contribution >= 0.6 is 0 Å². The molecule has 2 aromatic rings. The van der Waals surface area contributed by atoms with E-state index in [4.69, 9.17) is 0 Å². The van der Waals surface area contributed by atoms with E-state index in [1.165, 1.54) is 0 Å². The fourth-order valence-electron chi connectivity index (χ4n) is 4.71. The van der Waals surface area contributed by atoms with E-state index < -0.39 is 46.7 Å². The highest BCUT2D eigenvalue weighted by Crippen LogP contribution is 2.56. The van der Waals surface area contributed by atoms with E-state index in [0.29, 0.717) is 24.0 Å². The molecule has 1 amide bonds. The second-order valence-electron chi connectivity index (χ2n) is 9.61. The molecule has 7 nitrogen and oxygen atoms in total. The van der Waals surface area contributed by atoms with Crippen molar-refractivity contribution in [2.75, 3.05) is 0 Å². The Morgan fingerprint density at radius 1 is 0.970 bits per heavy atom. The fraction of sp³-hybridized carbons (Fsp3) is 0.423. The van der Waals surface area contributed by atoms with Crippen LogP contribution in [-0.2, 0) is 20.8 Å². The van der Waals surface area contributed by atoms with Crippen molar-refractivity contribution in [2.45, 2.75) is 52.2 Å². The fourth-order valence-corrected chi connectivity index (χ4v) is 4.71. The molecule has 4 N–H and O–H groups in total. The highest BCUT2D eigenvalue weighted by atomic mass is 16.4. The summed E-state index contributed by atoms with van der Waals surface area (Å²) in [4.78, 5) is 36.6. The Hall–Kier alpha value is -3.19. The molecule has 176 valence electrons. The number of carbonyl (C=O) groups is 3. The van der Waals surface area contributed by atoms with Crippen LogP contribution in [-0.4, -0.2) is 39.2 Å². The minimum absolute atomic E-state index is 0.0755. The Labute approximate surface area is 193 Å². The number of aliphatic carboxylic acids is 2. The molecule has 33 heavy (non-hydrogen) atoms. The first-order chi connectivity index (χ1) is 15.5. The lowest BCUT2D eigenvalue weighted by Gasteiger charge is -2.38. The average molecular weight is 454 g/mol. The van der Waals surface area contributed by atoms with Gasteiger partial charge in [-0.25, -0.2) is 4.79 Å². The predicted molar refractivity (Wildman–Crippen MR) is 122 cm³/mol. The number of carbonyl (C=O) groups excluding carboxylic acids is 1. The summed E-state index contributed by atoms with van der Waals surface area (Å²) in [5.41, 5.74) is 0.271. The highest BCUT2D eigenvalue weighted by molar-refractivity contribution is 5.87. The number of nitrogens with one attached hydrogen (secondary N) is 1. The summed E-state index contributed by atoms with van der Waals surface area (Å²) < 4.78 is 0. The maximum absolute atomic E-state index is 13.0. The summed E-state index contributed by atoms with van der Waals surface area (Å²) in [7, 11) is 0.